The van der Waals surface area contributed by atoms with Crippen molar-refractivity contribution in [2.24, 2.45) is 0 Å². The van der Waals surface area contributed by atoms with Crippen molar-refractivity contribution in [3.05, 3.63) is 34.9 Å². The van der Waals surface area contributed by atoms with E-state index < -0.39 is 23.8 Å². The number of carbonyl (C=O) groups excluding carboxylic acids is 4. The number of benzene rings is 1. The van der Waals surface area contributed by atoms with Gasteiger partial charge in [-0.25, -0.2) is 0 Å². The Morgan fingerprint density at radius 2 is 1.97 bits per heavy atom. The van der Waals surface area contributed by atoms with Crippen LogP contribution in [0.15, 0.2) is 18.2 Å². The summed E-state index contributed by atoms with van der Waals surface area (Å²) in [6.45, 7) is 3.71. The largest absolute Gasteiger partial charge is 0.379 e. The number of morpholine rings is 1. The fourth-order valence-electron chi connectivity index (χ4n) is 3.94. The topological polar surface area (TPSA) is 117 Å². The predicted molar refractivity (Wildman–Crippen MR) is 102 cm³/mol. The lowest BCUT2D eigenvalue weighted by Crippen LogP contribution is -2.54. The summed E-state index contributed by atoms with van der Waals surface area (Å²) < 4.78 is 5.43. The quantitative estimate of drug-likeness (QED) is 0.438. The lowest BCUT2D eigenvalue weighted by atomic mass is 10.0. The average Bonchev–Trinajstić information content (AvgIpc) is 2.96. The Kier molecular flexibility index (Phi) is 5.70. The second-order valence-electron chi connectivity index (χ2n) is 7.52. The number of ether oxygens (including phenoxy) is 1. The molecule has 4 rings (SSSR count). The molecular weight excluding hydrogens is 376 g/mol. The minimum Gasteiger partial charge on any atom is -0.379 e. The van der Waals surface area contributed by atoms with E-state index in [1.165, 1.54) is 0 Å². The Labute approximate surface area is 168 Å². The summed E-state index contributed by atoms with van der Waals surface area (Å²) >= 11 is 0. The van der Waals surface area contributed by atoms with Crippen LogP contribution >= 0.6 is 0 Å². The number of fused-ring (bicyclic) bond motifs is 1. The maximum absolute atomic E-state index is 12.8. The van der Waals surface area contributed by atoms with Gasteiger partial charge in [-0.05, 0) is 37.1 Å². The molecule has 0 aliphatic carbocycles. The Morgan fingerprint density at radius 1 is 1.14 bits per heavy atom. The van der Waals surface area contributed by atoms with Gasteiger partial charge in [0.05, 0.1) is 24.3 Å². The first-order chi connectivity index (χ1) is 14.0. The van der Waals surface area contributed by atoms with E-state index in [9.17, 15) is 19.2 Å². The van der Waals surface area contributed by atoms with Gasteiger partial charge in [-0.15, -0.1) is 0 Å². The molecule has 0 bridgehead atoms. The molecular formula is C20H24N4O5. The molecule has 9 heteroatoms. The smallest absolute Gasteiger partial charge is 0.262 e. The molecule has 2 atom stereocenters. The third-order valence-corrected chi connectivity index (χ3v) is 5.50. The number of amides is 4. The third kappa shape index (κ3) is 4.07. The lowest BCUT2D eigenvalue weighted by molar-refractivity contribution is -0.136. The molecule has 29 heavy (non-hydrogen) atoms. The highest BCUT2D eigenvalue weighted by Crippen LogP contribution is 2.28. The highest BCUT2D eigenvalue weighted by molar-refractivity contribution is 6.23. The standard InChI is InChI=1S/C20H24N4O5/c25-17-4-3-16(18(26)23-17)24-19(27)14-2-1-12(9-15(14)20(24)28)10-21-6-5-13-11-29-8-7-22-13/h1-2,9,13,16,21-22H,3-8,10-11H2,(H,23,25,26). The van der Waals surface area contributed by atoms with Gasteiger partial charge in [-0.1, -0.05) is 6.07 Å². The number of nitrogens with one attached hydrogen (secondary N) is 3. The summed E-state index contributed by atoms with van der Waals surface area (Å²) in [6, 6.07) is 4.56. The average molecular weight is 400 g/mol. The molecule has 3 N–H and O–H groups in total. The molecule has 0 aromatic heterocycles. The summed E-state index contributed by atoms with van der Waals surface area (Å²) in [5, 5.41) is 8.94. The maximum Gasteiger partial charge on any atom is 0.262 e. The summed E-state index contributed by atoms with van der Waals surface area (Å²) in [5.74, 6) is -1.95. The van der Waals surface area contributed by atoms with Crippen molar-refractivity contribution in [1.29, 1.82) is 0 Å². The van der Waals surface area contributed by atoms with Crippen molar-refractivity contribution in [2.45, 2.75) is 37.9 Å². The van der Waals surface area contributed by atoms with E-state index in [1.807, 2.05) is 6.07 Å². The van der Waals surface area contributed by atoms with E-state index in [0.29, 0.717) is 30.3 Å². The molecule has 0 spiro atoms. The molecule has 9 nitrogen and oxygen atoms in total. The number of hydrogen-bond donors (Lipinski definition) is 3. The van der Waals surface area contributed by atoms with Crippen LogP contribution < -0.4 is 16.0 Å². The molecule has 1 aromatic rings. The van der Waals surface area contributed by atoms with Gasteiger partial charge in [0, 0.05) is 25.6 Å². The molecule has 3 aliphatic heterocycles. The van der Waals surface area contributed by atoms with Crippen molar-refractivity contribution < 1.29 is 23.9 Å². The van der Waals surface area contributed by atoms with E-state index in [2.05, 4.69) is 16.0 Å². The summed E-state index contributed by atoms with van der Waals surface area (Å²) in [5.41, 5.74) is 1.50. The third-order valence-electron chi connectivity index (χ3n) is 5.50. The fraction of sp³-hybridized carbons (Fsp3) is 0.500. The van der Waals surface area contributed by atoms with Crippen LogP contribution in [0.4, 0.5) is 0 Å². The molecule has 4 amide bonds. The van der Waals surface area contributed by atoms with Gasteiger partial charge in [0.15, 0.2) is 0 Å². The Bertz CT molecular complexity index is 849. The molecule has 0 saturated carbocycles. The number of carbonyl (C=O) groups is 4. The molecule has 3 aliphatic rings. The summed E-state index contributed by atoms with van der Waals surface area (Å²) in [7, 11) is 0. The monoisotopic (exact) mass is 400 g/mol. The Balaban J connectivity index is 1.38. The van der Waals surface area contributed by atoms with E-state index in [1.54, 1.807) is 12.1 Å². The number of imide groups is 2. The summed E-state index contributed by atoms with van der Waals surface area (Å²) in [4.78, 5) is 49.9. The highest BCUT2D eigenvalue weighted by Gasteiger charge is 2.44. The number of hydrogen-bond acceptors (Lipinski definition) is 7. The van der Waals surface area contributed by atoms with Crippen molar-refractivity contribution in [3.8, 4) is 0 Å². The normalized spacial score (nSPS) is 24.6. The van der Waals surface area contributed by atoms with Gasteiger partial charge >= 0.3 is 0 Å². The maximum atomic E-state index is 12.8. The van der Waals surface area contributed by atoms with E-state index in [4.69, 9.17) is 4.74 Å². The van der Waals surface area contributed by atoms with Crippen LogP contribution in [0.1, 0.15) is 45.5 Å². The van der Waals surface area contributed by atoms with E-state index in [-0.39, 0.29) is 18.7 Å². The summed E-state index contributed by atoms with van der Waals surface area (Å²) in [6.07, 6.45) is 1.20. The molecule has 3 heterocycles. The van der Waals surface area contributed by atoms with Gasteiger partial charge in [0.25, 0.3) is 11.8 Å². The van der Waals surface area contributed by atoms with Crippen molar-refractivity contribution in [1.82, 2.24) is 20.9 Å². The van der Waals surface area contributed by atoms with Crippen LogP contribution in [0.3, 0.4) is 0 Å². The number of rotatable bonds is 6. The SMILES string of the molecule is O=C1CCC(N2C(=O)c3ccc(CNCCC4COCCN4)cc3C2=O)C(=O)N1. The Morgan fingerprint density at radius 3 is 2.72 bits per heavy atom. The van der Waals surface area contributed by atoms with Crippen molar-refractivity contribution in [2.75, 3.05) is 26.3 Å². The van der Waals surface area contributed by atoms with E-state index in [0.717, 1.165) is 36.6 Å². The first kappa shape index (κ1) is 19.7. The zero-order valence-electron chi connectivity index (χ0n) is 16.0. The van der Waals surface area contributed by atoms with Crippen LogP contribution in [-0.2, 0) is 20.9 Å². The van der Waals surface area contributed by atoms with Gasteiger partial charge in [0.1, 0.15) is 6.04 Å². The lowest BCUT2D eigenvalue weighted by Gasteiger charge is -2.27. The first-order valence-electron chi connectivity index (χ1n) is 9.91. The fourth-order valence-corrected chi connectivity index (χ4v) is 3.94. The van der Waals surface area contributed by atoms with Crippen LogP contribution in [0, 0.1) is 0 Å². The molecule has 0 radical (unpaired) electrons. The molecule has 2 saturated heterocycles. The number of piperidine rings is 1. The minimum absolute atomic E-state index is 0.111. The van der Waals surface area contributed by atoms with E-state index >= 15 is 0 Å². The van der Waals surface area contributed by atoms with Crippen LogP contribution in [0.25, 0.3) is 0 Å². The van der Waals surface area contributed by atoms with Crippen LogP contribution in [0.2, 0.25) is 0 Å². The number of nitrogens with zero attached hydrogens (tertiary/aromatic N) is 1. The van der Waals surface area contributed by atoms with Gasteiger partial charge in [-0.2, -0.15) is 0 Å². The zero-order valence-corrected chi connectivity index (χ0v) is 16.0. The second-order valence-corrected chi connectivity index (χ2v) is 7.52. The minimum atomic E-state index is -0.938. The zero-order chi connectivity index (χ0) is 20.4. The van der Waals surface area contributed by atoms with Gasteiger partial charge in [0.2, 0.25) is 11.8 Å². The van der Waals surface area contributed by atoms with Gasteiger partial charge in [-0.3, -0.25) is 29.4 Å². The molecule has 1 aromatic carbocycles. The molecule has 2 unspecified atom stereocenters. The predicted octanol–water partition coefficient (Wildman–Crippen LogP) is -0.444. The first-order valence-corrected chi connectivity index (χ1v) is 9.91. The highest BCUT2D eigenvalue weighted by atomic mass is 16.5. The van der Waals surface area contributed by atoms with Crippen LogP contribution in [-0.4, -0.2) is 66.9 Å². The second kappa shape index (κ2) is 8.40. The van der Waals surface area contributed by atoms with Gasteiger partial charge < -0.3 is 15.4 Å². The Hall–Kier alpha value is -2.62. The molecule has 2 fully saturated rings. The van der Waals surface area contributed by atoms with Crippen LogP contribution in [0.5, 0.6) is 0 Å². The van der Waals surface area contributed by atoms with Crippen molar-refractivity contribution >= 4 is 23.6 Å². The molecule has 154 valence electrons. The van der Waals surface area contributed by atoms with Crippen molar-refractivity contribution in [3.63, 3.8) is 0 Å².